The highest BCUT2D eigenvalue weighted by atomic mass is 35.7. The summed E-state index contributed by atoms with van der Waals surface area (Å²) < 4.78 is 56.2. The predicted octanol–water partition coefficient (Wildman–Crippen LogP) is 7.07. The van der Waals surface area contributed by atoms with Gasteiger partial charge in [-0.05, 0) is 29.8 Å². The number of ether oxygens (including phenoxy) is 1. The standard InChI is InChI=1S/C19H11Cl2F3NO4P/c20-14-8-12(19(22,23)24)6-7-16(14)29-17-10-18(30(21)28)15(25(26)27)9-13(17)11-4-2-1-3-5-11/h1-10,30H. The fourth-order valence-corrected chi connectivity index (χ4v) is 3.97. The molecule has 1 unspecified atom stereocenters. The van der Waals surface area contributed by atoms with Crippen molar-refractivity contribution in [1.29, 1.82) is 0 Å². The van der Waals surface area contributed by atoms with Gasteiger partial charge in [-0.25, -0.2) is 0 Å². The molecule has 0 radical (unpaired) electrons. The second kappa shape index (κ2) is 8.68. The van der Waals surface area contributed by atoms with E-state index in [4.69, 9.17) is 27.6 Å². The van der Waals surface area contributed by atoms with Gasteiger partial charge in [0.05, 0.1) is 15.5 Å². The molecule has 3 rings (SSSR count). The first kappa shape index (κ1) is 22.2. The number of halogens is 5. The van der Waals surface area contributed by atoms with Crippen molar-refractivity contribution in [1.82, 2.24) is 0 Å². The highest BCUT2D eigenvalue weighted by molar-refractivity contribution is 7.80. The van der Waals surface area contributed by atoms with E-state index in [0.717, 1.165) is 24.3 Å². The van der Waals surface area contributed by atoms with Gasteiger partial charge in [0.2, 0.25) is 0 Å². The normalized spacial score (nSPS) is 12.4. The van der Waals surface area contributed by atoms with Crippen molar-refractivity contribution in [3.05, 3.63) is 81.4 Å². The van der Waals surface area contributed by atoms with E-state index in [1.807, 2.05) is 0 Å². The molecular formula is C19H11Cl2F3NO4P. The number of rotatable bonds is 5. The molecule has 0 aliphatic rings. The molecule has 3 aromatic carbocycles. The van der Waals surface area contributed by atoms with Crippen molar-refractivity contribution < 1.29 is 27.4 Å². The summed E-state index contributed by atoms with van der Waals surface area (Å²) in [7, 11) is -3.01. The third-order valence-corrected chi connectivity index (χ3v) is 5.80. The second-order valence-electron chi connectivity index (χ2n) is 6.01. The van der Waals surface area contributed by atoms with Gasteiger partial charge in [0, 0.05) is 11.6 Å². The Balaban J connectivity index is 2.17. The number of alkyl halides is 3. The fraction of sp³-hybridized carbons (Fsp3) is 0.0526. The smallest absolute Gasteiger partial charge is 0.416 e. The highest BCUT2D eigenvalue weighted by Crippen LogP contribution is 2.42. The molecule has 3 aromatic rings. The molecule has 156 valence electrons. The minimum absolute atomic E-state index is 0.00228. The Morgan fingerprint density at radius 1 is 1.00 bits per heavy atom. The van der Waals surface area contributed by atoms with Gasteiger partial charge < -0.3 is 9.30 Å². The molecule has 0 saturated carbocycles. The van der Waals surface area contributed by atoms with E-state index >= 15 is 0 Å². The lowest BCUT2D eigenvalue weighted by Gasteiger charge is -2.15. The lowest BCUT2D eigenvalue weighted by molar-refractivity contribution is -0.383. The van der Waals surface area contributed by atoms with Crippen molar-refractivity contribution in [2.75, 3.05) is 0 Å². The molecule has 0 spiro atoms. The maximum atomic E-state index is 12.9. The maximum Gasteiger partial charge on any atom is 0.416 e. The second-order valence-corrected chi connectivity index (χ2v) is 8.53. The van der Waals surface area contributed by atoms with Crippen LogP contribution in [0.2, 0.25) is 5.02 Å². The first-order chi connectivity index (χ1) is 14.1. The third kappa shape index (κ3) is 4.78. The molecule has 0 fully saturated rings. The van der Waals surface area contributed by atoms with Gasteiger partial charge in [-0.3, -0.25) is 10.1 Å². The minimum atomic E-state index is -4.59. The van der Waals surface area contributed by atoms with E-state index < -0.39 is 29.5 Å². The first-order valence-corrected chi connectivity index (χ1v) is 11.0. The zero-order chi connectivity index (χ0) is 22.1. The summed E-state index contributed by atoms with van der Waals surface area (Å²) in [6, 6.07) is 13.2. The quantitative estimate of drug-likeness (QED) is 0.225. The van der Waals surface area contributed by atoms with E-state index in [9.17, 15) is 27.9 Å². The van der Waals surface area contributed by atoms with Crippen LogP contribution in [-0.2, 0) is 10.7 Å². The van der Waals surface area contributed by atoms with Gasteiger partial charge in [0.15, 0.2) is 7.15 Å². The van der Waals surface area contributed by atoms with Gasteiger partial charge >= 0.3 is 6.18 Å². The third-order valence-electron chi connectivity index (χ3n) is 4.07. The van der Waals surface area contributed by atoms with Crippen molar-refractivity contribution in [2.45, 2.75) is 6.18 Å². The molecule has 0 amide bonds. The molecule has 0 N–H and O–H groups in total. The van der Waals surface area contributed by atoms with Gasteiger partial charge in [0.25, 0.3) is 5.69 Å². The monoisotopic (exact) mass is 475 g/mol. The first-order valence-electron chi connectivity index (χ1n) is 8.20. The average molecular weight is 476 g/mol. The number of hydrogen-bond acceptors (Lipinski definition) is 4. The summed E-state index contributed by atoms with van der Waals surface area (Å²) in [6.07, 6.45) is -4.59. The van der Waals surface area contributed by atoms with Crippen LogP contribution in [0, 0.1) is 10.1 Å². The topological polar surface area (TPSA) is 69.4 Å². The Bertz CT molecular complexity index is 1140. The predicted molar refractivity (Wildman–Crippen MR) is 110 cm³/mol. The number of benzene rings is 3. The molecule has 0 bridgehead atoms. The molecule has 0 aromatic heterocycles. The molecule has 11 heteroatoms. The van der Waals surface area contributed by atoms with Crippen molar-refractivity contribution >= 4 is 41.0 Å². The lowest BCUT2D eigenvalue weighted by atomic mass is 10.0. The molecule has 5 nitrogen and oxygen atoms in total. The van der Waals surface area contributed by atoms with Crippen molar-refractivity contribution in [2.24, 2.45) is 0 Å². The van der Waals surface area contributed by atoms with Crippen molar-refractivity contribution in [3.63, 3.8) is 0 Å². The van der Waals surface area contributed by atoms with Crippen LogP contribution in [0.3, 0.4) is 0 Å². The summed E-state index contributed by atoms with van der Waals surface area (Å²) >= 11 is 11.6. The summed E-state index contributed by atoms with van der Waals surface area (Å²) in [5, 5.41) is 10.9. The van der Waals surface area contributed by atoms with Crippen LogP contribution in [0.1, 0.15) is 5.56 Å². The summed E-state index contributed by atoms with van der Waals surface area (Å²) in [5.74, 6) is -0.113. The molecule has 0 saturated heterocycles. The van der Waals surface area contributed by atoms with E-state index in [-0.39, 0.29) is 27.4 Å². The van der Waals surface area contributed by atoms with Crippen LogP contribution in [-0.4, -0.2) is 4.92 Å². The lowest BCUT2D eigenvalue weighted by Crippen LogP contribution is -2.07. The van der Waals surface area contributed by atoms with Gasteiger partial charge in [-0.1, -0.05) is 53.2 Å². The minimum Gasteiger partial charge on any atom is -0.455 e. The van der Waals surface area contributed by atoms with Crippen molar-refractivity contribution in [3.8, 4) is 22.6 Å². The largest absolute Gasteiger partial charge is 0.455 e. The van der Waals surface area contributed by atoms with E-state index in [1.165, 1.54) is 0 Å². The molecule has 30 heavy (non-hydrogen) atoms. The molecule has 0 aliphatic carbocycles. The Kier molecular flexibility index (Phi) is 6.41. The number of nitro benzene ring substituents is 1. The van der Waals surface area contributed by atoms with Crippen LogP contribution in [0.5, 0.6) is 11.5 Å². The van der Waals surface area contributed by atoms with E-state index in [0.29, 0.717) is 11.6 Å². The van der Waals surface area contributed by atoms with Gasteiger partial charge in [-0.15, -0.1) is 0 Å². The number of nitrogens with zero attached hydrogens (tertiary/aromatic N) is 1. The Morgan fingerprint density at radius 3 is 2.20 bits per heavy atom. The Labute approximate surface area is 178 Å². The van der Waals surface area contributed by atoms with E-state index in [1.54, 1.807) is 30.3 Å². The number of hydrogen-bond donors (Lipinski definition) is 0. The average Bonchev–Trinajstić information content (AvgIpc) is 2.68. The molecule has 0 heterocycles. The summed E-state index contributed by atoms with van der Waals surface area (Å²) in [5.41, 5.74) is -0.640. The SMILES string of the molecule is O=[N+]([O-])c1cc(-c2ccccc2)c(Oc2ccc(C(F)(F)F)cc2Cl)cc1[PH](=O)Cl. The summed E-state index contributed by atoms with van der Waals surface area (Å²) in [4.78, 5) is 10.7. The number of nitro groups is 1. The Hall–Kier alpha value is -2.54. The Morgan fingerprint density at radius 2 is 1.67 bits per heavy atom. The zero-order valence-electron chi connectivity index (χ0n) is 14.7. The molecule has 1 atom stereocenters. The van der Waals surface area contributed by atoms with E-state index in [2.05, 4.69) is 0 Å². The van der Waals surface area contributed by atoms with Crippen LogP contribution in [0.4, 0.5) is 18.9 Å². The van der Waals surface area contributed by atoms with Crippen LogP contribution in [0.25, 0.3) is 11.1 Å². The van der Waals surface area contributed by atoms with Gasteiger partial charge in [-0.2, -0.15) is 13.2 Å². The van der Waals surface area contributed by atoms with Crippen LogP contribution < -0.4 is 10.0 Å². The maximum absolute atomic E-state index is 12.9. The van der Waals surface area contributed by atoms with Crippen LogP contribution in [0.15, 0.2) is 60.7 Å². The molecule has 0 aliphatic heterocycles. The molecular weight excluding hydrogens is 465 g/mol. The highest BCUT2D eigenvalue weighted by Gasteiger charge is 2.31. The fourth-order valence-electron chi connectivity index (χ4n) is 2.68. The zero-order valence-corrected chi connectivity index (χ0v) is 17.3. The van der Waals surface area contributed by atoms with Gasteiger partial charge in [0.1, 0.15) is 16.8 Å². The summed E-state index contributed by atoms with van der Waals surface area (Å²) in [6.45, 7) is 0. The van der Waals surface area contributed by atoms with Crippen LogP contribution >= 0.6 is 30.0 Å².